The number of ether oxygens (including phenoxy) is 1. The van der Waals surface area contributed by atoms with Crippen LogP contribution in [0.3, 0.4) is 0 Å². The van der Waals surface area contributed by atoms with Crippen molar-refractivity contribution in [2.75, 3.05) is 13.7 Å². The van der Waals surface area contributed by atoms with Crippen LogP contribution in [0.2, 0.25) is 0 Å². The fourth-order valence-corrected chi connectivity index (χ4v) is 0.738. The van der Waals surface area contributed by atoms with Gasteiger partial charge >= 0.3 is 5.97 Å². The molecule has 0 saturated heterocycles. The number of hydrogen-bond acceptors (Lipinski definition) is 3. The summed E-state index contributed by atoms with van der Waals surface area (Å²) in [7, 11) is 1.48. The Labute approximate surface area is 70.7 Å². The largest absolute Gasteiger partial charge is 0.480 e. The molecule has 5 nitrogen and oxygen atoms in total. The van der Waals surface area contributed by atoms with E-state index in [2.05, 4.69) is 10.1 Å². The maximum absolute atomic E-state index is 10.5. The van der Waals surface area contributed by atoms with Crippen molar-refractivity contribution in [3.63, 3.8) is 0 Å². The summed E-state index contributed by atoms with van der Waals surface area (Å²) in [4.78, 5) is 21.0. The lowest BCUT2D eigenvalue weighted by atomic mass is 10.2. The lowest BCUT2D eigenvalue weighted by molar-refractivity contribution is -0.142. The Balaban J connectivity index is 3.87. The minimum absolute atomic E-state index is 0.283. The lowest BCUT2D eigenvalue weighted by Gasteiger charge is -2.11. The third-order valence-corrected chi connectivity index (χ3v) is 1.29. The third kappa shape index (κ3) is 4.68. The molecule has 0 rings (SSSR count). The standard InChI is InChI=1S/C7H13NO4/c1-5(9)8-6(7(10)11)3-4-12-2/h6H,3-4H2,1-2H3,(H,8,9)(H,10,11)/t6-/m0/s1. The van der Waals surface area contributed by atoms with Gasteiger partial charge in [-0.2, -0.15) is 0 Å². The molecule has 0 aliphatic rings. The Kier molecular flexibility index (Phi) is 5.03. The molecule has 0 aromatic heterocycles. The van der Waals surface area contributed by atoms with E-state index in [1.807, 2.05) is 0 Å². The van der Waals surface area contributed by atoms with Crippen molar-refractivity contribution in [3.05, 3.63) is 0 Å². The predicted molar refractivity (Wildman–Crippen MR) is 41.7 cm³/mol. The first-order valence-corrected chi connectivity index (χ1v) is 3.56. The molecular formula is C7H13NO4. The average Bonchev–Trinajstić information content (AvgIpc) is 1.96. The van der Waals surface area contributed by atoms with E-state index < -0.39 is 12.0 Å². The monoisotopic (exact) mass is 175 g/mol. The van der Waals surface area contributed by atoms with Crippen molar-refractivity contribution in [2.45, 2.75) is 19.4 Å². The summed E-state index contributed by atoms with van der Waals surface area (Å²) in [6.07, 6.45) is 0.283. The molecule has 1 atom stereocenters. The highest BCUT2D eigenvalue weighted by atomic mass is 16.5. The fourth-order valence-electron chi connectivity index (χ4n) is 0.738. The van der Waals surface area contributed by atoms with Gasteiger partial charge in [0, 0.05) is 27.1 Å². The van der Waals surface area contributed by atoms with E-state index in [-0.39, 0.29) is 12.3 Å². The Morgan fingerprint density at radius 3 is 2.50 bits per heavy atom. The molecule has 12 heavy (non-hydrogen) atoms. The van der Waals surface area contributed by atoms with Crippen LogP contribution in [0.25, 0.3) is 0 Å². The van der Waals surface area contributed by atoms with Crippen LogP contribution in [0.5, 0.6) is 0 Å². The highest BCUT2D eigenvalue weighted by molar-refractivity contribution is 5.81. The normalized spacial score (nSPS) is 12.2. The van der Waals surface area contributed by atoms with Crippen LogP contribution < -0.4 is 5.32 Å². The number of carbonyl (C=O) groups excluding carboxylic acids is 1. The van der Waals surface area contributed by atoms with E-state index in [4.69, 9.17) is 5.11 Å². The SMILES string of the molecule is COCC[C@H](NC(C)=O)C(=O)O. The molecular weight excluding hydrogens is 162 g/mol. The van der Waals surface area contributed by atoms with Crippen molar-refractivity contribution < 1.29 is 19.4 Å². The van der Waals surface area contributed by atoms with Crippen LogP contribution in [0.4, 0.5) is 0 Å². The van der Waals surface area contributed by atoms with Crippen LogP contribution >= 0.6 is 0 Å². The van der Waals surface area contributed by atoms with Gasteiger partial charge in [0.15, 0.2) is 0 Å². The first kappa shape index (κ1) is 10.9. The fraction of sp³-hybridized carbons (Fsp3) is 0.714. The molecule has 2 N–H and O–H groups in total. The predicted octanol–water partition coefficient (Wildman–Crippen LogP) is -0.388. The van der Waals surface area contributed by atoms with Gasteiger partial charge < -0.3 is 15.2 Å². The Morgan fingerprint density at radius 1 is 1.58 bits per heavy atom. The molecule has 0 fully saturated rings. The topological polar surface area (TPSA) is 75.6 Å². The molecule has 0 heterocycles. The molecule has 1 amide bonds. The highest BCUT2D eigenvalue weighted by Crippen LogP contribution is 1.92. The maximum atomic E-state index is 10.5. The molecule has 0 aliphatic carbocycles. The number of amides is 1. The smallest absolute Gasteiger partial charge is 0.326 e. The van der Waals surface area contributed by atoms with E-state index >= 15 is 0 Å². The van der Waals surface area contributed by atoms with Crippen molar-refractivity contribution in [1.82, 2.24) is 5.32 Å². The van der Waals surface area contributed by atoms with Gasteiger partial charge in [-0.3, -0.25) is 4.79 Å². The number of rotatable bonds is 5. The van der Waals surface area contributed by atoms with Gasteiger partial charge in [0.25, 0.3) is 0 Å². The van der Waals surface area contributed by atoms with Crippen molar-refractivity contribution in [3.8, 4) is 0 Å². The second-order valence-electron chi connectivity index (χ2n) is 2.37. The molecule has 0 radical (unpaired) electrons. The minimum Gasteiger partial charge on any atom is -0.480 e. The Hall–Kier alpha value is -1.10. The summed E-state index contributed by atoms with van der Waals surface area (Å²) in [6, 6.07) is -0.845. The van der Waals surface area contributed by atoms with E-state index in [0.717, 1.165) is 0 Å². The molecule has 0 saturated carbocycles. The molecule has 0 aliphatic heterocycles. The number of carboxylic acid groups (broad SMARTS) is 1. The van der Waals surface area contributed by atoms with Gasteiger partial charge in [0.1, 0.15) is 6.04 Å². The highest BCUT2D eigenvalue weighted by Gasteiger charge is 2.17. The second kappa shape index (κ2) is 5.54. The van der Waals surface area contributed by atoms with Gasteiger partial charge in [0.05, 0.1) is 0 Å². The maximum Gasteiger partial charge on any atom is 0.326 e. The van der Waals surface area contributed by atoms with E-state index in [0.29, 0.717) is 6.61 Å². The van der Waals surface area contributed by atoms with E-state index in [1.54, 1.807) is 0 Å². The Morgan fingerprint density at radius 2 is 2.17 bits per heavy atom. The van der Waals surface area contributed by atoms with Crippen LogP contribution in [0.15, 0.2) is 0 Å². The molecule has 0 unspecified atom stereocenters. The van der Waals surface area contributed by atoms with Crippen LogP contribution in [0.1, 0.15) is 13.3 Å². The summed E-state index contributed by atoms with van der Waals surface area (Å²) in [6.45, 7) is 1.60. The number of nitrogens with one attached hydrogen (secondary N) is 1. The quantitative estimate of drug-likeness (QED) is 0.596. The Bertz CT molecular complexity index is 169. The average molecular weight is 175 g/mol. The molecule has 0 spiro atoms. The zero-order valence-corrected chi connectivity index (χ0v) is 7.16. The van der Waals surface area contributed by atoms with Crippen LogP contribution in [0, 0.1) is 0 Å². The summed E-state index contributed by atoms with van der Waals surface area (Å²) < 4.78 is 4.69. The number of aliphatic carboxylic acids is 1. The summed E-state index contributed by atoms with van der Waals surface area (Å²) in [5.41, 5.74) is 0. The first-order chi connectivity index (χ1) is 5.57. The third-order valence-electron chi connectivity index (χ3n) is 1.29. The van der Waals surface area contributed by atoms with E-state index in [9.17, 15) is 9.59 Å². The van der Waals surface area contributed by atoms with Crippen LogP contribution in [-0.4, -0.2) is 36.7 Å². The first-order valence-electron chi connectivity index (χ1n) is 3.56. The molecule has 0 bridgehead atoms. The second-order valence-corrected chi connectivity index (χ2v) is 2.37. The summed E-state index contributed by atoms with van der Waals surface area (Å²) in [5.74, 6) is -1.39. The molecule has 0 aromatic carbocycles. The lowest BCUT2D eigenvalue weighted by Crippen LogP contribution is -2.40. The van der Waals surface area contributed by atoms with Crippen molar-refractivity contribution >= 4 is 11.9 Å². The summed E-state index contributed by atoms with van der Waals surface area (Å²) >= 11 is 0. The molecule has 5 heteroatoms. The summed E-state index contributed by atoms with van der Waals surface area (Å²) in [5, 5.41) is 10.9. The zero-order chi connectivity index (χ0) is 9.56. The number of carbonyl (C=O) groups is 2. The molecule has 70 valence electrons. The van der Waals surface area contributed by atoms with Gasteiger partial charge in [0.2, 0.25) is 5.91 Å². The van der Waals surface area contributed by atoms with Gasteiger partial charge in [-0.25, -0.2) is 4.79 Å². The zero-order valence-electron chi connectivity index (χ0n) is 7.16. The van der Waals surface area contributed by atoms with Crippen molar-refractivity contribution in [1.29, 1.82) is 0 Å². The van der Waals surface area contributed by atoms with Gasteiger partial charge in [-0.15, -0.1) is 0 Å². The number of carboxylic acids is 1. The van der Waals surface area contributed by atoms with E-state index in [1.165, 1.54) is 14.0 Å². The number of methoxy groups -OCH3 is 1. The van der Waals surface area contributed by atoms with Crippen molar-refractivity contribution in [2.24, 2.45) is 0 Å². The molecule has 0 aromatic rings. The van der Waals surface area contributed by atoms with Gasteiger partial charge in [-0.1, -0.05) is 0 Å². The van der Waals surface area contributed by atoms with Gasteiger partial charge in [-0.05, 0) is 0 Å². The van der Waals surface area contributed by atoms with Crippen LogP contribution in [-0.2, 0) is 14.3 Å². The minimum atomic E-state index is -1.04. The number of hydrogen-bond donors (Lipinski definition) is 2.